The van der Waals surface area contributed by atoms with Crippen LogP contribution in [0.1, 0.15) is 46.0 Å². The van der Waals surface area contributed by atoms with Crippen LogP contribution in [0, 0.1) is 11.8 Å². The summed E-state index contributed by atoms with van der Waals surface area (Å²) in [4.78, 5) is 0. The zero-order valence-electron chi connectivity index (χ0n) is 8.34. The van der Waals surface area contributed by atoms with Crippen LogP contribution >= 0.6 is 0 Å². The highest BCUT2D eigenvalue weighted by molar-refractivity contribution is 4.90. The van der Waals surface area contributed by atoms with Crippen LogP contribution in [0.2, 0.25) is 0 Å². The fraction of sp³-hybridized carbons (Fsp3) is 1.00. The third-order valence-corrected chi connectivity index (χ3v) is 3.80. The average molecular weight is 167 g/mol. The molecule has 0 bridgehead atoms. The standard InChI is InChI=1S/C11H21N/c1-8-4-3-5-10-7-6-9(2)12-11(8)10/h8-12H,3-7H2,1-2H3/t8-,9+,10+,11-/m0/s1. The van der Waals surface area contributed by atoms with Crippen molar-refractivity contribution in [3.05, 3.63) is 0 Å². The summed E-state index contributed by atoms with van der Waals surface area (Å²) in [6.45, 7) is 4.75. The molecule has 1 saturated heterocycles. The van der Waals surface area contributed by atoms with E-state index in [0.717, 1.165) is 23.9 Å². The maximum absolute atomic E-state index is 3.77. The van der Waals surface area contributed by atoms with Gasteiger partial charge in [-0.25, -0.2) is 0 Å². The Labute approximate surface area is 75.9 Å². The van der Waals surface area contributed by atoms with Crippen LogP contribution in [0.25, 0.3) is 0 Å². The summed E-state index contributed by atoms with van der Waals surface area (Å²) in [7, 11) is 0. The second-order valence-corrected chi connectivity index (χ2v) is 4.84. The van der Waals surface area contributed by atoms with E-state index in [1.165, 1.54) is 32.1 Å². The van der Waals surface area contributed by atoms with Gasteiger partial charge in [-0.15, -0.1) is 0 Å². The Hall–Kier alpha value is -0.0400. The second-order valence-electron chi connectivity index (χ2n) is 4.84. The van der Waals surface area contributed by atoms with Gasteiger partial charge in [-0.3, -0.25) is 0 Å². The molecule has 1 aliphatic heterocycles. The number of hydrogen-bond donors (Lipinski definition) is 1. The van der Waals surface area contributed by atoms with Gasteiger partial charge >= 0.3 is 0 Å². The van der Waals surface area contributed by atoms with Crippen molar-refractivity contribution in [3.8, 4) is 0 Å². The molecule has 70 valence electrons. The minimum absolute atomic E-state index is 0.770. The van der Waals surface area contributed by atoms with E-state index in [4.69, 9.17) is 0 Å². The van der Waals surface area contributed by atoms with E-state index >= 15 is 0 Å². The maximum Gasteiger partial charge on any atom is 0.0123 e. The summed E-state index contributed by atoms with van der Waals surface area (Å²) >= 11 is 0. The lowest BCUT2D eigenvalue weighted by Crippen LogP contribution is -2.51. The monoisotopic (exact) mass is 167 g/mol. The van der Waals surface area contributed by atoms with Gasteiger partial charge in [0.25, 0.3) is 0 Å². The van der Waals surface area contributed by atoms with Gasteiger partial charge in [0.2, 0.25) is 0 Å². The van der Waals surface area contributed by atoms with Crippen molar-refractivity contribution in [1.29, 1.82) is 0 Å². The minimum atomic E-state index is 0.770. The summed E-state index contributed by atoms with van der Waals surface area (Å²) in [6.07, 6.45) is 7.27. The molecule has 0 aromatic rings. The molecular formula is C11H21N. The van der Waals surface area contributed by atoms with Crippen molar-refractivity contribution in [3.63, 3.8) is 0 Å². The van der Waals surface area contributed by atoms with Crippen molar-refractivity contribution >= 4 is 0 Å². The molecule has 2 rings (SSSR count). The lowest BCUT2D eigenvalue weighted by molar-refractivity contribution is 0.134. The van der Waals surface area contributed by atoms with E-state index in [9.17, 15) is 0 Å². The molecule has 0 spiro atoms. The van der Waals surface area contributed by atoms with Crippen molar-refractivity contribution in [2.45, 2.75) is 58.0 Å². The third-order valence-electron chi connectivity index (χ3n) is 3.80. The molecule has 0 amide bonds. The van der Waals surface area contributed by atoms with E-state index in [1.54, 1.807) is 0 Å². The molecule has 4 atom stereocenters. The molecule has 1 nitrogen and oxygen atoms in total. The van der Waals surface area contributed by atoms with Gasteiger partial charge in [0, 0.05) is 12.1 Å². The van der Waals surface area contributed by atoms with E-state index in [1.807, 2.05) is 0 Å². The fourth-order valence-electron chi connectivity index (χ4n) is 3.03. The first-order valence-corrected chi connectivity index (χ1v) is 5.53. The summed E-state index contributed by atoms with van der Waals surface area (Å²) in [5, 5.41) is 3.77. The van der Waals surface area contributed by atoms with Crippen LogP contribution in [0.5, 0.6) is 0 Å². The molecule has 2 aliphatic rings. The SMILES string of the molecule is C[C@@H]1CC[C@H]2CCC[C@H](C)[C@@H]2N1. The van der Waals surface area contributed by atoms with Gasteiger partial charge in [-0.1, -0.05) is 13.3 Å². The second kappa shape index (κ2) is 3.37. The first-order valence-electron chi connectivity index (χ1n) is 5.53. The Morgan fingerprint density at radius 1 is 1.00 bits per heavy atom. The van der Waals surface area contributed by atoms with Gasteiger partial charge in [0.05, 0.1) is 0 Å². The molecule has 1 heteroatoms. The number of rotatable bonds is 0. The minimum Gasteiger partial charge on any atom is -0.311 e. The molecule has 1 N–H and O–H groups in total. The largest absolute Gasteiger partial charge is 0.311 e. The van der Waals surface area contributed by atoms with Crippen molar-refractivity contribution < 1.29 is 0 Å². The molecule has 0 radical (unpaired) electrons. The lowest BCUT2D eigenvalue weighted by atomic mass is 9.73. The number of piperidine rings is 1. The van der Waals surface area contributed by atoms with Crippen molar-refractivity contribution in [2.75, 3.05) is 0 Å². The van der Waals surface area contributed by atoms with E-state index < -0.39 is 0 Å². The molecule has 1 aliphatic carbocycles. The molecular weight excluding hydrogens is 146 g/mol. The number of nitrogens with one attached hydrogen (secondary N) is 1. The number of fused-ring (bicyclic) bond motifs is 1. The zero-order valence-corrected chi connectivity index (χ0v) is 8.34. The first kappa shape index (κ1) is 8.55. The van der Waals surface area contributed by atoms with Crippen molar-refractivity contribution in [1.82, 2.24) is 5.32 Å². The Balaban J connectivity index is 2.00. The van der Waals surface area contributed by atoms with Gasteiger partial charge in [0.1, 0.15) is 0 Å². The highest BCUT2D eigenvalue weighted by Crippen LogP contribution is 2.35. The topological polar surface area (TPSA) is 12.0 Å². The average Bonchev–Trinajstić information content (AvgIpc) is 2.07. The summed E-state index contributed by atoms with van der Waals surface area (Å²) in [6, 6.07) is 1.62. The zero-order chi connectivity index (χ0) is 8.55. The molecule has 2 fully saturated rings. The molecule has 0 aromatic carbocycles. The Bertz CT molecular complexity index is 155. The van der Waals surface area contributed by atoms with Crippen LogP contribution < -0.4 is 5.32 Å². The van der Waals surface area contributed by atoms with Gasteiger partial charge < -0.3 is 5.32 Å². The van der Waals surface area contributed by atoms with Gasteiger partial charge in [-0.05, 0) is 44.4 Å². The van der Waals surface area contributed by atoms with Crippen LogP contribution in [-0.4, -0.2) is 12.1 Å². The first-order chi connectivity index (χ1) is 5.77. The van der Waals surface area contributed by atoms with Crippen LogP contribution in [-0.2, 0) is 0 Å². The Kier molecular flexibility index (Phi) is 2.40. The molecule has 12 heavy (non-hydrogen) atoms. The maximum atomic E-state index is 3.77. The van der Waals surface area contributed by atoms with E-state index in [-0.39, 0.29) is 0 Å². The third kappa shape index (κ3) is 1.52. The predicted octanol–water partition coefficient (Wildman–Crippen LogP) is 2.56. The molecule has 1 saturated carbocycles. The Morgan fingerprint density at radius 2 is 1.83 bits per heavy atom. The summed E-state index contributed by atoms with van der Waals surface area (Å²) in [5.74, 6) is 1.93. The highest BCUT2D eigenvalue weighted by Gasteiger charge is 2.34. The smallest absolute Gasteiger partial charge is 0.0123 e. The normalized spacial score (nSPS) is 48.5. The predicted molar refractivity (Wildman–Crippen MR) is 52.1 cm³/mol. The van der Waals surface area contributed by atoms with Crippen molar-refractivity contribution in [2.24, 2.45) is 11.8 Å². The highest BCUT2D eigenvalue weighted by atomic mass is 15.0. The van der Waals surface area contributed by atoms with Crippen LogP contribution in [0.3, 0.4) is 0 Å². The quantitative estimate of drug-likeness (QED) is 0.584. The summed E-state index contributed by atoms with van der Waals surface area (Å²) in [5.41, 5.74) is 0. The lowest BCUT2D eigenvalue weighted by Gasteiger charge is -2.43. The molecule has 0 aromatic heterocycles. The molecule has 1 heterocycles. The van der Waals surface area contributed by atoms with Gasteiger partial charge in [0.15, 0.2) is 0 Å². The number of hydrogen-bond acceptors (Lipinski definition) is 1. The van der Waals surface area contributed by atoms with E-state index in [0.29, 0.717) is 0 Å². The van der Waals surface area contributed by atoms with Crippen LogP contribution in [0.4, 0.5) is 0 Å². The summed E-state index contributed by atoms with van der Waals surface area (Å²) < 4.78 is 0. The fourth-order valence-corrected chi connectivity index (χ4v) is 3.03. The molecule has 0 unspecified atom stereocenters. The van der Waals surface area contributed by atoms with Gasteiger partial charge in [-0.2, -0.15) is 0 Å². The van der Waals surface area contributed by atoms with Crippen LogP contribution in [0.15, 0.2) is 0 Å². The van der Waals surface area contributed by atoms with E-state index in [2.05, 4.69) is 19.2 Å². The Morgan fingerprint density at radius 3 is 2.67 bits per heavy atom.